The molecule has 1 N–H and O–H groups in total. The first kappa shape index (κ1) is 12.7. The highest BCUT2D eigenvalue weighted by Crippen LogP contribution is 2.13. The zero-order valence-electron chi connectivity index (χ0n) is 8.62. The molecule has 0 aliphatic carbocycles. The van der Waals surface area contributed by atoms with Gasteiger partial charge in [0.2, 0.25) is 0 Å². The lowest BCUT2D eigenvalue weighted by Gasteiger charge is -2.02. The topological polar surface area (TPSA) is 37.3 Å². The molecule has 0 amide bonds. The molecule has 0 unspecified atom stereocenters. The fourth-order valence-corrected chi connectivity index (χ4v) is 1.38. The van der Waals surface area contributed by atoms with E-state index in [1.807, 2.05) is 0 Å². The van der Waals surface area contributed by atoms with Crippen LogP contribution in [0.1, 0.15) is 17.5 Å². The zero-order valence-corrected chi connectivity index (χ0v) is 9.38. The van der Waals surface area contributed by atoms with Crippen LogP contribution in [0.15, 0.2) is 24.3 Å². The van der Waals surface area contributed by atoms with Crippen LogP contribution in [0.2, 0.25) is 0 Å². The van der Waals surface area contributed by atoms with Crippen LogP contribution >= 0.6 is 11.6 Å². The van der Waals surface area contributed by atoms with Gasteiger partial charge < -0.3 is 5.11 Å². The highest BCUT2D eigenvalue weighted by molar-refractivity contribution is 6.19. The second-order valence-electron chi connectivity index (χ2n) is 3.30. The minimum Gasteiger partial charge on any atom is -0.481 e. The number of aryl methyl sites for hydroxylation is 1. The second kappa shape index (κ2) is 6.28. The van der Waals surface area contributed by atoms with Crippen molar-refractivity contribution >= 4 is 23.6 Å². The first-order valence-electron chi connectivity index (χ1n) is 4.86. The molecule has 0 aliphatic rings. The van der Waals surface area contributed by atoms with E-state index >= 15 is 0 Å². The summed E-state index contributed by atoms with van der Waals surface area (Å²) in [6.45, 7) is 0. The quantitative estimate of drug-likeness (QED) is 0.806. The Hall–Kier alpha value is -1.35. The zero-order chi connectivity index (χ0) is 12.0. The predicted molar refractivity (Wildman–Crippen MR) is 62.1 cm³/mol. The molecule has 0 saturated carbocycles. The average Bonchev–Trinajstić information content (AvgIpc) is 2.24. The van der Waals surface area contributed by atoms with Crippen molar-refractivity contribution in [2.45, 2.75) is 12.8 Å². The van der Waals surface area contributed by atoms with Crippen LogP contribution in [0.25, 0.3) is 6.08 Å². The van der Waals surface area contributed by atoms with Crippen molar-refractivity contribution < 1.29 is 14.3 Å². The van der Waals surface area contributed by atoms with Crippen molar-refractivity contribution in [1.82, 2.24) is 0 Å². The average molecular weight is 243 g/mol. The lowest BCUT2D eigenvalue weighted by molar-refractivity contribution is -0.136. The van der Waals surface area contributed by atoms with Crippen LogP contribution in [0.5, 0.6) is 0 Å². The number of alkyl halides is 1. The van der Waals surface area contributed by atoms with Crippen molar-refractivity contribution in [2.24, 2.45) is 0 Å². The molecule has 1 rings (SSSR count). The van der Waals surface area contributed by atoms with E-state index < -0.39 is 5.97 Å². The number of halogens is 2. The lowest BCUT2D eigenvalue weighted by atomic mass is 10.1. The summed E-state index contributed by atoms with van der Waals surface area (Å²) in [5.41, 5.74) is 1.14. The van der Waals surface area contributed by atoms with Gasteiger partial charge in [0.15, 0.2) is 0 Å². The van der Waals surface area contributed by atoms with Crippen LogP contribution in [0, 0.1) is 5.82 Å². The van der Waals surface area contributed by atoms with Gasteiger partial charge in [-0.25, -0.2) is 4.39 Å². The van der Waals surface area contributed by atoms with Crippen LogP contribution in [0.3, 0.4) is 0 Å². The van der Waals surface area contributed by atoms with Crippen molar-refractivity contribution in [3.63, 3.8) is 0 Å². The van der Waals surface area contributed by atoms with Crippen LogP contribution < -0.4 is 0 Å². The fourth-order valence-electron chi connectivity index (χ4n) is 1.29. The molecule has 86 valence electrons. The van der Waals surface area contributed by atoms with E-state index in [9.17, 15) is 9.18 Å². The summed E-state index contributed by atoms with van der Waals surface area (Å²) in [6.07, 6.45) is 3.58. The first-order chi connectivity index (χ1) is 7.63. The molecule has 0 aromatic heterocycles. The molecule has 0 saturated heterocycles. The molecule has 2 nitrogen and oxygen atoms in total. The number of aliphatic carboxylic acids is 1. The second-order valence-corrected chi connectivity index (χ2v) is 3.61. The van der Waals surface area contributed by atoms with Gasteiger partial charge in [0.05, 0.1) is 0 Å². The third kappa shape index (κ3) is 4.03. The van der Waals surface area contributed by atoms with E-state index in [1.54, 1.807) is 24.3 Å². The Morgan fingerprint density at radius 1 is 1.50 bits per heavy atom. The molecule has 0 aliphatic heterocycles. The number of carboxylic acids is 1. The number of carboxylic acid groups (broad SMARTS) is 1. The Kier molecular flexibility index (Phi) is 4.99. The molecular formula is C12H12ClFO2. The van der Waals surface area contributed by atoms with E-state index in [1.165, 1.54) is 6.07 Å². The summed E-state index contributed by atoms with van der Waals surface area (Å²) in [6, 6.07) is 4.72. The number of hydrogen-bond acceptors (Lipinski definition) is 1. The molecule has 0 heterocycles. The van der Waals surface area contributed by atoms with E-state index in [0.717, 1.165) is 5.56 Å². The first-order valence-corrected chi connectivity index (χ1v) is 5.39. The van der Waals surface area contributed by atoms with Gasteiger partial charge in [0.1, 0.15) is 5.82 Å². The summed E-state index contributed by atoms with van der Waals surface area (Å²) in [4.78, 5) is 10.3. The van der Waals surface area contributed by atoms with Gasteiger partial charge in [-0.05, 0) is 23.6 Å². The standard InChI is InChI=1S/C12H12ClFO2/c13-7-1-2-9-3-4-10(11(14)8-9)5-6-12(15)16/h1-4,8H,5-7H2,(H,15,16). The number of allylic oxidation sites excluding steroid dienone is 1. The van der Waals surface area contributed by atoms with Gasteiger partial charge in [-0.15, -0.1) is 11.6 Å². The fraction of sp³-hybridized carbons (Fsp3) is 0.250. The van der Waals surface area contributed by atoms with Gasteiger partial charge in [-0.3, -0.25) is 4.79 Å². The minimum atomic E-state index is -0.925. The Balaban J connectivity index is 2.75. The van der Waals surface area contributed by atoms with E-state index in [0.29, 0.717) is 11.4 Å². The summed E-state index contributed by atoms with van der Waals surface area (Å²) >= 11 is 5.46. The summed E-state index contributed by atoms with van der Waals surface area (Å²) in [5.74, 6) is -0.925. The van der Waals surface area contributed by atoms with E-state index in [-0.39, 0.29) is 18.7 Å². The van der Waals surface area contributed by atoms with Gasteiger partial charge in [-0.2, -0.15) is 0 Å². The van der Waals surface area contributed by atoms with Crippen molar-refractivity contribution in [3.05, 3.63) is 41.2 Å². The normalized spacial score (nSPS) is 10.9. The van der Waals surface area contributed by atoms with E-state index in [2.05, 4.69) is 0 Å². The molecule has 1 aromatic rings. The maximum absolute atomic E-state index is 13.5. The summed E-state index contributed by atoms with van der Waals surface area (Å²) in [5, 5.41) is 8.49. The van der Waals surface area contributed by atoms with Crippen molar-refractivity contribution in [1.29, 1.82) is 0 Å². The molecule has 0 fully saturated rings. The van der Waals surface area contributed by atoms with Gasteiger partial charge >= 0.3 is 5.97 Å². The molecule has 16 heavy (non-hydrogen) atoms. The lowest BCUT2D eigenvalue weighted by Crippen LogP contribution is -1.99. The molecular weight excluding hydrogens is 231 g/mol. The number of hydrogen-bond donors (Lipinski definition) is 1. The highest BCUT2D eigenvalue weighted by Gasteiger charge is 2.05. The highest BCUT2D eigenvalue weighted by atomic mass is 35.5. The number of carbonyl (C=O) groups is 1. The van der Waals surface area contributed by atoms with Crippen molar-refractivity contribution in [2.75, 3.05) is 5.88 Å². The minimum absolute atomic E-state index is 0.0617. The Morgan fingerprint density at radius 3 is 2.81 bits per heavy atom. The Bertz CT molecular complexity index is 402. The van der Waals surface area contributed by atoms with Crippen molar-refractivity contribution in [3.8, 4) is 0 Å². The smallest absolute Gasteiger partial charge is 0.303 e. The molecule has 4 heteroatoms. The Labute approximate surface area is 98.4 Å². The third-order valence-corrected chi connectivity index (χ3v) is 2.26. The van der Waals surface area contributed by atoms with E-state index in [4.69, 9.17) is 16.7 Å². The number of benzene rings is 1. The maximum Gasteiger partial charge on any atom is 0.303 e. The van der Waals surface area contributed by atoms with Gasteiger partial charge in [0, 0.05) is 12.3 Å². The molecule has 1 aromatic carbocycles. The molecule has 0 spiro atoms. The number of rotatable bonds is 5. The molecule has 0 radical (unpaired) electrons. The Morgan fingerprint density at radius 2 is 2.25 bits per heavy atom. The van der Waals surface area contributed by atoms with Crippen LogP contribution in [-0.4, -0.2) is 17.0 Å². The largest absolute Gasteiger partial charge is 0.481 e. The van der Waals surface area contributed by atoms with Gasteiger partial charge in [-0.1, -0.05) is 24.3 Å². The third-order valence-electron chi connectivity index (χ3n) is 2.08. The van der Waals surface area contributed by atoms with Gasteiger partial charge in [0.25, 0.3) is 0 Å². The van der Waals surface area contributed by atoms with Crippen LogP contribution in [-0.2, 0) is 11.2 Å². The predicted octanol–water partition coefficient (Wildman–Crippen LogP) is 3.09. The summed E-state index contributed by atoms with van der Waals surface area (Å²) in [7, 11) is 0. The maximum atomic E-state index is 13.5. The summed E-state index contributed by atoms with van der Waals surface area (Å²) < 4.78 is 13.5. The molecule has 0 atom stereocenters. The monoisotopic (exact) mass is 242 g/mol. The SMILES string of the molecule is O=C(O)CCc1ccc(C=CCCl)cc1F. The molecule has 0 bridgehead atoms. The van der Waals surface area contributed by atoms with Crippen LogP contribution in [0.4, 0.5) is 4.39 Å².